The van der Waals surface area contributed by atoms with E-state index in [4.69, 9.17) is 19.7 Å². The number of methoxy groups -OCH3 is 1. The Morgan fingerprint density at radius 1 is 1.00 bits per heavy atom. The monoisotopic (exact) mass is 1060 g/mol. The lowest BCUT2D eigenvalue weighted by Gasteiger charge is -2.33. The van der Waals surface area contributed by atoms with E-state index in [2.05, 4.69) is 49.2 Å². The normalized spacial score (nSPS) is 14.8. The zero-order valence-electron chi connectivity index (χ0n) is 43.5. The molecule has 400 valence electrons. The van der Waals surface area contributed by atoms with Crippen molar-refractivity contribution >= 4 is 57.5 Å². The van der Waals surface area contributed by atoms with Gasteiger partial charge in [0.2, 0.25) is 0 Å². The van der Waals surface area contributed by atoms with Gasteiger partial charge in [-0.15, -0.1) is 0 Å². The molecule has 1 saturated heterocycles. The predicted molar refractivity (Wildman–Crippen MR) is 295 cm³/mol. The summed E-state index contributed by atoms with van der Waals surface area (Å²) in [5, 5.41) is 14.1. The number of nitrogens with two attached hydrogens (primary N) is 1. The van der Waals surface area contributed by atoms with Crippen LogP contribution in [0.2, 0.25) is 0 Å². The topological polar surface area (TPSA) is 162 Å². The highest BCUT2D eigenvalue weighted by atomic mass is 32.2. The fourth-order valence-corrected chi connectivity index (χ4v) is 9.56. The van der Waals surface area contributed by atoms with Gasteiger partial charge in [0.05, 0.1) is 66.5 Å². The molecule has 0 spiro atoms. The first-order valence-electron chi connectivity index (χ1n) is 24.9. The number of piperidine rings is 1. The number of ether oxygens (including phenoxy) is 2. The Hall–Kier alpha value is -7.66. The van der Waals surface area contributed by atoms with Crippen LogP contribution in [0.25, 0.3) is 22.6 Å². The van der Waals surface area contributed by atoms with Crippen LogP contribution in [0.3, 0.4) is 0 Å². The van der Waals surface area contributed by atoms with Crippen LogP contribution in [0.1, 0.15) is 65.5 Å². The van der Waals surface area contributed by atoms with Gasteiger partial charge in [0.1, 0.15) is 30.0 Å². The number of carbonyl (C=O) groups excluding carboxylic acids is 1. The van der Waals surface area contributed by atoms with E-state index in [1.807, 2.05) is 117 Å². The number of amides is 1. The minimum atomic E-state index is -4.49. The molecule has 4 heterocycles. The first kappa shape index (κ1) is 56.1. The maximum absolute atomic E-state index is 14.9. The van der Waals surface area contributed by atoms with E-state index in [0.717, 1.165) is 48.8 Å². The van der Waals surface area contributed by atoms with Gasteiger partial charge in [-0.2, -0.15) is 13.2 Å². The Labute approximate surface area is 445 Å². The molecule has 3 aromatic heterocycles. The molecule has 1 amide bonds. The van der Waals surface area contributed by atoms with E-state index >= 15 is 0 Å². The highest BCUT2D eigenvalue weighted by molar-refractivity contribution is 8.00. The van der Waals surface area contributed by atoms with E-state index in [-0.39, 0.29) is 44.4 Å². The minimum absolute atomic E-state index is 0.110. The van der Waals surface area contributed by atoms with E-state index in [1.165, 1.54) is 11.9 Å². The summed E-state index contributed by atoms with van der Waals surface area (Å²) >= 11 is 1.35. The summed E-state index contributed by atoms with van der Waals surface area (Å²) in [5.41, 5.74) is 14.2. The number of aryl methyl sites for hydroxylation is 2. The van der Waals surface area contributed by atoms with Crippen molar-refractivity contribution in [2.45, 2.75) is 83.6 Å². The molecule has 19 heteroatoms. The summed E-state index contributed by atoms with van der Waals surface area (Å²) < 4.78 is 80.2. The lowest BCUT2D eigenvalue weighted by molar-refractivity contribution is -0.140. The van der Waals surface area contributed by atoms with Crippen LogP contribution in [0, 0.1) is 25.7 Å². The summed E-state index contributed by atoms with van der Waals surface area (Å²) in [6.07, 6.45) is 0.403. The molecule has 7 aromatic rings. The van der Waals surface area contributed by atoms with Crippen molar-refractivity contribution < 1.29 is 36.4 Å². The first-order valence-corrected chi connectivity index (χ1v) is 25.7. The van der Waals surface area contributed by atoms with Crippen LogP contribution >= 0.6 is 11.9 Å². The van der Waals surface area contributed by atoms with Gasteiger partial charge in [0.25, 0.3) is 5.91 Å². The fourth-order valence-electron chi connectivity index (χ4n) is 8.83. The molecule has 6 N–H and O–H groups in total. The molecule has 14 nitrogen and oxygen atoms in total. The number of allylic oxidation sites excluding steroid dienone is 2. The number of anilines is 3. The molecule has 8 rings (SSSR count). The Bertz CT molecular complexity index is 3190. The molecule has 0 bridgehead atoms. The Morgan fingerprint density at radius 3 is 2.49 bits per heavy atom. The molecule has 4 aromatic carbocycles. The first-order chi connectivity index (χ1) is 36.7. The lowest BCUT2D eigenvalue weighted by Crippen LogP contribution is -2.46. The molecule has 2 atom stereocenters. The number of benzene rings is 4. The van der Waals surface area contributed by atoms with Crippen molar-refractivity contribution in [3.8, 4) is 23.3 Å². The number of hydrogen-bond acceptors (Lipinski definition) is 12. The zero-order valence-corrected chi connectivity index (χ0v) is 44.3. The molecule has 1 fully saturated rings. The maximum Gasteiger partial charge on any atom is 0.406 e. The number of halogens is 4. The number of rotatable bonds is 20. The number of carbonyl (C=O) groups is 1. The van der Waals surface area contributed by atoms with Gasteiger partial charge in [-0.25, -0.2) is 9.37 Å². The van der Waals surface area contributed by atoms with E-state index in [9.17, 15) is 22.4 Å². The number of nitrogens with one attached hydrogen (secondary N) is 4. The Balaban J connectivity index is 0.00000415. The van der Waals surface area contributed by atoms with Crippen molar-refractivity contribution in [2.75, 3.05) is 55.8 Å². The smallest absolute Gasteiger partial charge is 0.406 e. The third-order valence-electron chi connectivity index (χ3n) is 12.6. The molecule has 2 unspecified atom stereocenters. The summed E-state index contributed by atoms with van der Waals surface area (Å²) in [4.78, 5) is 20.5. The van der Waals surface area contributed by atoms with Gasteiger partial charge >= 0.3 is 6.18 Å². The van der Waals surface area contributed by atoms with Crippen LogP contribution in [-0.2, 0) is 31.0 Å². The van der Waals surface area contributed by atoms with Gasteiger partial charge in [0, 0.05) is 59.0 Å². The second-order valence-electron chi connectivity index (χ2n) is 17.8. The van der Waals surface area contributed by atoms with Crippen molar-refractivity contribution in [3.63, 3.8) is 0 Å². The van der Waals surface area contributed by atoms with E-state index in [1.54, 1.807) is 43.8 Å². The highest BCUT2D eigenvalue weighted by Crippen LogP contribution is 2.34. The van der Waals surface area contributed by atoms with Crippen molar-refractivity contribution in [3.05, 3.63) is 155 Å². The second kappa shape index (κ2) is 26.2. The Morgan fingerprint density at radius 2 is 1.76 bits per heavy atom. The quantitative estimate of drug-likeness (QED) is 0.0213. The fraction of sp³-hybridized carbons (Fsp3) is 0.316. The minimum Gasteiger partial charge on any atom is -0.495 e. The van der Waals surface area contributed by atoms with Crippen LogP contribution in [0.4, 0.5) is 34.6 Å². The molecule has 0 aliphatic carbocycles. The lowest BCUT2D eigenvalue weighted by atomic mass is 10.0. The van der Waals surface area contributed by atoms with Gasteiger partial charge in [0.15, 0.2) is 6.61 Å². The number of hydrogen-bond donors (Lipinski definition) is 5. The van der Waals surface area contributed by atoms with Crippen molar-refractivity contribution in [1.82, 2.24) is 29.5 Å². The van der Waals surface area contributed by atoms with Gasteiger partial charge in [-0.1, -0.05) is 80.0 Å². The number of para-hydroxylation sites is 2. The number of aromatic nitrogens is 4. The zero-order chi connectivity index (χ0) is 54.4. The summed E-state index contributed by atoms with van der Waals surface area (Å²) in [5.74, 6) is 7.35. The van der Waals surface area contributed by atoms with Crippen LogP contribution < -0.4 is 35.9 Å². The third-order valence-corrected chi connectivity index (χ3v) is 13.4. The van der Waals surface area contributed by atoms with Gasteiger partial charge < -0.3 is 54.4 Å². The number of likely N-dealkylation sites (tertiary alicyclic amines) is 1. The molecular formula is C57H64F4N10O4S. The van der Waals surface area contributed by atoms with Crippen LogP contribution in [-0.4, -0.2) is 88.9 Å². The SMILES string of the molecule is C=C/C(=C\c1c(CN)ncn1Cc1ccccc1OCC(=O)NCc1ccccc1NSc1ccc(NCC#Cc2cc3c(NC4CCN(C)CC4F)cccc3n2CC(F)(F)F)c(OC)c1)c1c(C)noc1C.CC. The molecule has 76 heavy (non-hydrogen) atoms. The van der Waals surface area contributed by atoms with Crippen molar-refractivity contribution in [1.29, 1.82) is 0 Å². The predicted octanol–water partition coefficient (Wildman–Crippen LogP) is 11.0. The standard InChI is InChI=1S/C55H58F4N10O4S.C2H6/c1-6-37(54-35(2)65-73-36(54)3)25-50-48(28-60)63-34-68(50)30-39-14-8-10-19-51(39)72-32-53(70)62-29-38-13-7-9-16-44(38)66-74-41-20-21-47(52(27-41)71-5)61-23-12-15-40-26-42-45(64-46-22-24-67(4)31-43(46)56)17-11-18-49(42)69(40)33-55(57,58)59;1-2/h6-11,13-14,16-21,25-27,34,43,46,61,64,66H,1,22-24,28-33,60H2,2-5H3,(H,62,70);1-2H3/b37-25+;. The third kappa shape index (κ3) is 14.2. The summed E-state index contributed by atoms with van der Waals surface area (Å²) in [7, 11) is 3.40. The maximum atomic E-state index is 14.9. The van der Waals surface area contributed by atoms with Gasteiger partial charge in [-0.3, -0.25) is 4.79 Å². The number of alkyl halides is 4. The molecule has 1 aliphatic rings. The largest absolute Gasteiger partial charge is 0.495 e. The number of imidazole rings is 1. The van der Waals surface area contributed by atoms with E-state index in [0.29, 0.717) is 64.7 Å². The second-order valence-corrected chi connectivity index (χ2v) is 18.6. The molecule has 1 aliphatic heterocycles. The number of nitrogens with zero attached hydrogens (tertiary/aromatic N) is 5. The average molecular weight is 1060 g/mol. The summed E-state index contributed by atoms with van der Waals surface area (Å²) in [6, 6.07) is 26.9. The average Bonchev–Trinajstić information content (AvgIpc) is 4.09. The molecular weight excluding hydrogens is 997 g/mol. The molecule has 0 saturated carbocycles. The van der Waals surface area contributed by atoms with Crippen LogP contribution in [0.15, 0.2) is 119 Å². The van der Waals surface area contributed by atoms with Crippen LogP contribution in [0.5, 0.6) is 11.5 Å². The Kier molecular flexibility index (Phi) is 19.3. The van der Waals surface area contributed by atoms with E-state index < -0.39 is 24.9 Å². The van der Waals surface area contributed by atoms with Crippen molar-refractivity contribution in [2.24, 2.45) is 5.73 Å². The highest BCUT2D eigenvalue weighted by Gasteiger charge is 2.31. The van der Waals surface area contributed by atoms with Gasteiger partial charge in [-0.05, 0) is 111 Å². The summed E-state index contributed by atoms with van der Waals surface area (Å²) in [6.45, 7) is 12.3. The molecule has 0 radical (unpaired) electrons. The number of fused-ring (bicyclic) bond motifs is 1.